The Hall–Kier alpha value is -2.08. The van der Waals surface area contributed by atoms with Crippen LogP contribution in [0.1, 0.15) is 11.3 Å². The maximum atomic E-state index is 11.8. The highest BCUT2D eigenvalue weighted by molar-refractivity contribution is 7.99. The second-order valence-corrected chi connectivity index (χ2v) is 5.53. The number of carbonyl (C=O) groups excluding carboxylic acids is 1. The van der Waals surface area contributed by atoms with Crippen LogP contribution in [0.2, 0.25) is 0 Å². The van der Waals surface area contributed by atoms with Crippen LogP contribution in [0.5, 0.6) is 0 Å². The molecule has 0 aliphatic carbocycles. The number of hydrogen-bond donors (Lipinski definition) is 2. The van der Waals surface area contributed by atoms with Crippen molar-refractivity contribution in [2.24, 2.45) is 0 Å². The summed E-state index contributed by atoms with van der Waals surface area (Å²) >= 11 is 1.29. The van der Waals surface area contributed by atoms with E-state index >= 15 is 0 Å². The lowest BCUT2D eigenvalue weighted by Gasteiger charge is -2.05. The van der Waals surface area contributed by atoms with Crippen molar-refractivity contribution in [3.05, 3.63) is 47.7 Å². The van der Waals surface area contributed by atoms with Gasteiger partial charge in [-0.25, -0.2) is 9.97 Å². The van der Waals surface area contributed by atoms with Gasteiger partial charge in [0.15, 0.2) is 5.16 Å². The predicted octanol–water partition coefficient (Wildman–Crippen LogP) is 1.82. The summed E-state index contributed by atoms with van der Waals surface area (Å²) in [5, 5.41) is 3.42. The molecule has 0 bridgehead atoms. The lowest BCUT2D eigenvalue weighted by atomic mass is 10.1. The molecule has 0 aliphatic heterocycles. The molecular formula is C15H18N4OS. The number of thioether (sulfide) groups is 1. The molecule has 0 radical (unpaired) electrons. The summed E-state index contributed by atoms with van der Waals surface area (Å²) < 4.78 is 0. The molecule has 0 spiro atoms. The first-order valence-corrected chi connectivity index (χ1v) is 7.66. The van der Waals surface area contributed by atoms with Crippen LogP contribution in [0.3, 0.4) is 0 Å². The van der Waals surface area contributed by atoms with Gasteiger partial charge in [0.05, 0.1) is 5.75 Å². The first kappa shape index (κ1) is 15.3. The van der Waals surface area contributed by atoms with E-state index in [2.05, 4.69) is 15.3 Å². The van der Waals surface area contributed by atoms with Crippen molar-refractivity contribution in [3.63, 3.8) is 0 Å². The summed E-state index contributed by atoms with van der Waals surface area (Å²) in [6.07, 6.45) is 0.825. The van der Waals surface area contributed by atoms with Crippen molar-refractivity contribution >= 4 is 23.5 Å². The van der Waals surface area contributed by atoms with Crippen LogP contribution in [-0.2, 0) is 11.2 Å². The van der Waals surface area contributed by atoms with Gasteiger partial charge in [-0.15, -0.1) is 0 Å². The summed E-state index contributed by atoms with van der Waals surface area (Å²) in [6.45, 7) is 2.47. The third kappa shape index (κ3) is 5.43. The maximum Gasteiger partial charge on any atom is 0.230 e. The van der Waals surface area contributed by atoms with Crippen molar-refractivity contribution in [2.45, 2.75) is 18.5 Å². The lowest BCUT2D eigenvalue weighted by molar-refractivity contribution is -0.118. The van der Waals surface area contributed by atoms with Crippen LogP contribution in [0, 0.1) is 6.92 Å². The third-order valence-corrected chi connectivity index (χ3v) is 3.61. The quantitative estimate of drug-likeness (QED) is 0.628. The van der Waals surface area contributed by atoms with E-state index in [1.54, 1.807) is 6.07 Å². The van der Waals surface area contributed by atoms with Gasteiger partial charge < -0.3 is 11.1 Å². The molecule has 0 aliphatic rings. The zero-order chi connectivity index (χ0) is 15.1. The van der Waals surface area contributed by atoms with Crippen LogP contribution < -0.4 is 11.1 Å². The molecule has 1 aromatic heterocycles. The Morgan fingerprint density at radius 2 is 2.05 bits per heavy atom. The Morgan fingerprint density at radius 1 is 1.29 bits per heavy atom. The Morgan fingerprint density at radius 3 is 2.76 bits per heavy atom. The number of anilines is 1. The SMILES string of the molecule is Cc1cc(N)nc(SCC(=O)NCCc2ccccc2)n1. The molecule has 5 nitrogen and oxygen atoms in total. The van der Waals surface area contributed by atoms with E-state index in [4.69, 9.17) is 5.73 Å². The minimum Gasteiger partial charge on any atom is -0.384 e. The van der Waals surface area contributed by atoms with Crippen LogP contribution >= 0.6 is 11.8 Å². The number of rotatable bonds is 6. The molecule has 0 saturated carbocycles. The van der Waals surface area contributed by atoms with E-state index in [9.17, 15) is 4.79 Å². The number of carbonyl (C=O) groups is 1. The summed E-state index contributed by atoms with van der Waals surface area (Å²) in [5.41, 5.74) is 7.65. The fourth-order valence-corrected chi connectivity index (χ4v) is 2.54. The summed E-state index contributed by atoms with van der Waals surface area (Å²) in [4.78, 5) is 20.1. The average Bonchev–Trinajstić information content (AvgIpc) is 2.45. The minimum atomic E-state index is -0.0281. The zero-order valence-corrected chi connectivity index (χ0v) is 12.7. The Labute approximate surface area is 128 Å². The Balaban J connectivity index is 1.72. The number of aryl methyl sites for hydroxylation is 1. The Kier molecular flexibility index (Phi) is 5.57. The monoisotopic (exact) mass is 302 g/mol. The highest BCUT2D eigenvalue weighted by atomic mass is 32.2. The van der Waals surface area contributed by atoms with E-state index in [-0.39, 0.29) is 11.7 Å². The molecule has 2 aromatic rings. The van der Waals surface area contributed by atoms with Crippen LogP contribution in [-0.4, -0.2) is 28.2 Å². The van der Waals surface area contributed by atoms with Crippen molar-refractivity contribution in [3.8, 4) is 0 Å². The molecular weight excluding hydrogens is 284 g/mol. The number of nitrogens with two attached hydrogens (primary N) is 1. The minimum absolute atomic E-state index is 0.0281. The van der Waals surface area contributed by atoms with Gasteiger partial charge in [0.2, 0.25) is 5.91 Å². The van der Waals surface area contributed by atoms with Gasteiger partial charge >= 0.3 is 0 Å². The van der Waals surface area contributed by atoms with Crippen LogP contribution in [0.4, 0.5) is 5.82 Å². The second-order valence-electron chi connectivity index (χ2n) is 4.59. The van der Waals surface area contributed by atoms with Gasteiger partial charge in [-0.2, -0.15) is 0 Å². The molecule has 0 atom stereocenters. The number of hydrogen-bond acceptors (Lipinski definition) is 5. The van der Waals surface area contributed by atoms with Crippen molar-refractivity contribution in [1.82, 2.24) is 15.3 Å². The molecule has 110 valence electrons. The van der Waals surface area contributed by atoms with Gasteiger partial charge in [-0.3, -0.25) is 4.79 Å². The number of benzene rings is 1. The normalized spacial score (nSPS) is 10.3. The van der Waals surface area contributed by atoms with Gasteiger partial charge in [0.1, 0.15) is 5.82 Å². The van der Waals surface area contributed by atoms with Crippen molar-refractivity contribution in [1.29, 1.82) is 0 Å². The molecule has 21 heavy (non-hydrogen) atoms. The molecule has 1 heterocycles. The smallest absolute Gasteiger partial charge is 0.230 e. The zero-order valence-electron chi connectivity index (χ0n) is 11.9. The molecule has 0 unspecified atom stereocenters. The molecule has 0 saturated heterocycles. The number of aromatic nitrogens is 2. The summed E-state index contributed by atoms with van der Waals surface area (Å²) in [6, 6.07) is 11.8. The molecule has 6 heteroatoms. The second kappa shape index (κ2) is 7.64. The Bertz CT molecular complexity index is 584. The summed E-state index contributed by atoms with van der Waals surface area (Å²) in [7, 11) is 0. The molecule has 2 rings (SSSR count). The highest BCUT2D eigenvalue weighted by Gasteiger charge is 2.06. The van der Waals surface area contributed by atoms with Crippen molar-refractivity contribution < 1.29 is 4.79 Å². The molecule has 1 aromatic carbocycles. The van der Waals surface area contributed by atoms with E-state index in [0.29, 0.717) is 17.5 Å². The van der Waals surface area contributed by atoms with E-state index in [1.807, 2.05) is 37.3 Å². The molecule has 1 amide bonds. The fourth-order valence-electron chi connectivity index (χ4n) is 1.80. The third-order valence-electron chi connectivity index (χ3n) is 2.76. The fraction of sp³-hybridized carbons (Fsp3) is 0.267. The first-order chi connectivity index (χ1) is 10.1. The number of nitrogens with zero attached hydrogens (tertiary/aromatic N) is 2. The standard InChI is InChI=1S/C15H18N4OS/c1-11-9-13(16)19-15(18-11)21-10-14(20)17-8-7-12-5-3-2-4-6-12/h2-6,9H,7-8,10H2,1H3,(H,17,20)(H2,16,18,19). The first-order valence-electron chi connectivity index (χ1n) is 6.68. The molecule has 0 fully saturated rings. The number of nitrogen functional groups attached to an aromatic ring is 1. The topological polar surface area (TPSA) is 80.9 Å². The van der Waals surface area contributed by atoms with E-state index < -0.39 is 0 Å². The van der Waals surface area contributed by atoms with E-state index in [1.165, 1.54) is 17.3 Å². The maximum absolute atomic E-state index is 11.8. The van der Waals surface area contributed by atoms with Gasteiger partial charge in [0.25, 0.3) is 0 Å². The average molecular weight is 302 g/mol. The molecule has 3 N–H and O–H groups in total. The predicted molar refractivity (Wildman–Crippen MR) is 85.1 cm³/mol. The lowest BCUT2D eigenvalue weighted by Crippen LogP contribution is -2.27. The highest BCUT2D eigenvalue weighted by Crippen LogP contribution is 2.14. The van der Waals surface area contributed by atoms with Gasteiger partial charge in [-0.1, -0.05) is 42.1 Å². The summed E-state index contributed by atoms with van der Waals surface area (Å²) in [5.74, 6) is 0.687. The van der Waals surface area contributed by atoms with E-state index in [0.717, 1.165) is 12.1 Å². The largest absolute Gasteiger partial charge is 0.384 e. The van der Waals surface area contributed by atoms with Gasteiger partial charge in [0, 0.05) is 18.3 Å². The van der Waals surface area contributed by atoms with Gasteiger partial charge in [-0.05, 0) is 18.9 Å². The number of amides is 1. The van der Waals surface area contributed by atoms with Crippen LogP contribution in [0.15, 0.2) is 41.6 Å². The van der Waals surface area contributed by atoms with Crippen LogP contribution in [0.25, 0.3) is 0 Å². The van der Waals surface area contributed by atoms with Crippen molar-refractivity contribution in [2.75, 3.05) is 18.0 Å². The number of nitrogens with one attached hydrogen (secondary N) is 1.